The van der Waals surface area contributed by atoms with Crippen LogP contribution >= 0.6 is 0 Å². The molecule has 0 aliphatic rings. The van der Waals surface area contributed by atoms with Crippen LogP contribution in [0.5, 0.6) is 0 Å². The molecule has 3 aromatic heterocycles. The van der Waals surface area contributed by atoms with Crippen LogP contribution in [0.3, 0.4) is 0 Å². The van der Waals surface area contributed by atoms with Gasteiger partial charge in [0.25, 0.3) is 0 Å². The number of hydrogen-bond donors (Lipinski definition) is 2. The van der Waals surface area contributed by atoms with Crippen LogP contribution in [-0.4, -0.2) is 31.2 Å². The molecule has 4 rings (SSSR count). The van der Waals surface area contributed by atoms with Gasteiger partial charge in [0, 0.05) is 35.6 Å². The quantitative estimate of drug-likeness (QED) is 0.439. The highest BCUT2D eigenvalue weighted by Crippen LogP contribution is 2.26. The van der Waals surface area contributed by atoms with E-state index in [1.54, 1.807) is 42.7 Å². The molecule has 0 saturated carbocycles. The van der Waals surface area contributed by atoms with Crippen molar-refractivity contribution in [1.82, 2.24) is 19.5 Å². The third kappa shape index (κ3) is 4.55. The summed E-state index contributed by atoms with van der Waals surface area (Å²) in [6, 6.07) is 12.0. The van der Waals surface area contributed by atoms with Gasteiger partial charge in [-0.1, -0.05) is 12.1 Å². The zero-order valence-electron chi connectivity index (χ0n) is 18.1. The first kappa shape index (κ1) is 21.6. The van der Waals surface area contributed by atoms with E-state index in [0.29, 0.717) is 27.7 Å². The summed E-state index contributed by atoms with van der Waals surface area (Å²) in [5.41, 5.74) is 8.44. The van der Waals surface area contributed by atoms with Gasteiger partial charge >= 0.3 is 0 Å². The summed E-state index contributed by atoms with van der Waals surface area (Å²) in [4.78, 5) is 38.2. The highest BCUT2D eigenvalue weighted by Gasteiger charge is 2.20. The third-order valence-corrected chi connectivity index (χ3v) is 5.13. The fourth-order valence-corrected chi connectivity index (χ4v) is 3.48. The highest BCUT2D eigenvalue weighted by molar-refractivity contribution is 6.16. The van der Waals surface area contributed by atoms with Crippen molar-refractivity contribution in [2.75, 3.05) is 11.1 Å². The summed E-state index contributed by atoms with van der Waals surface area (Å²) in [5, 5.41) is 12.2. The minimum atomic E-state index is -0.280. The predicted octanol–water partition coefficient (Wildman–Crippen LogP) is 3.27. The van der Waals surface area contributed by atoms with Crippen LogP contribution in [-0.2, 0) is 11.2 Å². The molecular formula is C24H21N7O2. The number of amides is 1. The van der Waals surface area contributed by atoms with E-state index in [-0.39, 0.29) is 35.9 Å². The van der Waals surface area contributed by atoms with Crippen molar-refractivity contribution < 1.29 is 9.59 Å². The van der Waals surface area contributed by atoms with Crippen LogP contribution in [0.4, 0.5) is 11.8 Å². The maximum Gasteiger partial charge on any atom is 0.229 e. The van der Waals surface area contributed by atoms with Crippen LogP contribution in [0, 0.1) is 11.3 Å². The summed E-state index contributed by atoms with van der Waals surface area (Å²) >= 11 is 0. The fraction of sp³-hybridized carbons (Fsp3) is 0.167. The first-order valence-electron chi connectivity index (χ1n) is 10.3. The Kier molecular flexibility index (Phi) is 5.83. The molecule has 0 radical (unpaired) electrons. The average Bonchev–Trinajstić information content (AvgIpc) is 3.18. The lowest BCUT2D eigenvalue weighted by atomic mass is 10.1. The van der Waals surface area contributed by atoms with E-state index in [1.165, 1.54) is 12.3 Å². The molecule has 0 aliphatic heterocycles. The van der Waals surface area contributed by atoms with Crippen molar-refractivity contribution in [3.05, 3.63) is 77.2 Å². The number of nitrogens with one attached hydrogen (secondary N) is 1. The molecule has 0 saturated heterocycles. The number of benzene rings is 1. The number of hydrogen-bond acceptors (Lipinski definition) is 7. The minimum Gasteiger partial charge on any atom is -0.368 e. The number of carbonyl (C=O) groups excluding carboxylic acids is 2. The van der Waals surface area contributed by atoms with Crippen molar-refractivity contribution in [2.45, 2.75) is 26.3 Å². The van der Waals surface area contributed by atoms with E-state index < -0.39 is 0 Å². The van der Waals surface area contributed by atoms with Gasteiger partial charge in [-0.05, 0) is 43.7 Å². The number of carbonyl (C=O) groups is 2. The van der Waals surface area contributed by atoms with E-state index in [9.17, 15) is 9.59 Å². The molecule has 0 aliphatic carbocycles. The largest absolute Gasteiger partial charge is 0.368 e. The number of nitriles is 1. The molecule has 33 heavy (non-hydrogen) atoms. The Morgan fingerprint density at radius 2 is 1.94 bits per heavy atom. The van der Waals surface area contributed by atoms with Crippen molar-refractivity contribution in [1.29, 1.82) is 5.26 Å². The molecule has 0 fully saturated rings. The minimum absolute atomic E-state index is 0.0675. The summed E-state index contributed by atoms with van der Waals surface area (Å²) in [7, 11) is 0. The van der Waals surface area contributed by atoms with Gasteiger partial charge in [-0.2, -0.15) is 10.2 Å². The number of rotatable bonds is 6. The maximum absolute atomic E-state index is 13.3. The summed E-state index contributed by atoms with van der Waals surface area (Å²) in [6.45, 7) is 3.97. The van der Waals surface area contributed by atoms with Crippen molar-refractivity contribution in [3.63, 3.8) is 0 Å². The standard InChI is InChI=1S/C24H21N7O2/c1-14(2)31-13-19(18-12-28-24(26)30-23(18)31)22(33)17-7-8-27-20(10-17)29-21(32)9-15-3-5-16(11-25)6-4-15/h3-8,10,12-14H,9H2,1-2H3,(H2,26,28,30)(H,27,29,32). The zero-order chi connectivity index (χ0) is 23.5. The molecule has 9 nitrogen and oxygen atoms in total. The second-order valence-corrected chi connectivity index (χ2v) is 7.80. The fourth-order valence-electron chi connectivity index (χ4n) is 3.48. The lowest BCUT2D eigenvalue weighted by Crippen LogP contribution is -2.16. The molecule has 9 heteroatoms. The maximum atomic E-state index is 13.3. The van der Waals surface area contributed by atoms with Gasteiger partial charge in [0.05, 0.1) is 23.6 Å². The molecule has 1 amide bonds. The normalized spacial score (nSPS) is 10.8. The number of pyridine rings is 1. The lowest BCUT2D eigenvalue weighted by Gasteiger charge is -2.07. The Morgan fingerprint density at radius 3 is 2.64 bits per heavy atom. The van der Waals surface area contributed by atoms with Gasteiger partial charge in [-0.15, -0.1) is 0 Å². The third-order valence-electron chi connectivity index (χ3n) is 5.13. The molecular weight excluding hydrogens is 418 g/mol. The Hall–Kier alpha value is -4.58. The van der Waals surface area contributed by atoms with Crippen LogP contribution in [0.15, 0.2) is 55.0 Å². The van der Waals surface area contributed by atoms with Crippen LogP contribution in [0.1, 0.15) is 46.9 Å². The van der Waals surface area contributed by atoms with E-state index >= 15 is 0 Å². The van der Waals surface area contributed by atoms with Gasteiger partial charge in [-0.3, -0.25) is 9.59 Å². The number of nitrogens with zero attached hydrogens (tertiary/aromatic N) is 5. The number of fused-ring (bicyclic) bond motifs is 1. The topological polar surface area (TPSA) is 140 Å². The van der Waals surface area contributed by atoms with Gasteiger partial charge in [0.1, 0.15) is 11.5 Å². The molecule has 0 atom stereocenters. The molecule has 1 aromatic carbocycles. The molecule has 164 valence electrons. The smallest absolute Gasteiger partial charge is 0.229 e. The number of nitrogens with two attached hydrogens (primary N) is 1. The second-order valence-electron chi connectivity index (χ2n) is 7.80. The first-order valence-corrected chi connectivity index (χ1v) is 10.3. The van der Waals surface area contributed by atoms with Crippen molar-refractivity contribution in [3.8, 4) is 6.07 Å². The summed E-state index contributed by atoms with van der Waals surface area (Å²) < 4.78 is 1.88. The van der Waals surface area contributed by atoms with E-state index in [0.717, 1.165) is 5.56 Å². The molecule has 0 spiro atoms. The van der Waals surface area contributed by atoms with Gasteiger partial charge in [0.15, 0.2) is 5.78 Å². The summed E-state index contributed by atoms with van der Waals surface area (Å²) in [5.74, 6) is -0.111. The van der Waals surface area contributed by atoms with E-state index in [2.05, 4.69) is 20.3 Å². The van der Waals surface area contributed by atoms with Crippen molar-refractivity contribution >= 4 is 34.5 Å². The molecule has 3 N–H and O–H groups in total. The number of anilines is 2. The summed E-state index contributed by atoms with van der Waals surface area (Å²) in [6.07, 6.45) is 4.88. The average molecular weight is 439 g/mol. The Balaban J connectivity index is 1.57. The first-order chi connectivity index (χ1) is 15.9. The Labute approximate surface area is 189 Å². The van der Waals surface area contributed by atoms with Gasteiger partial charge in [0.2, 0.25) is 11.9 Å². The number of aromatic nitrogens is 4. The van der Waals surface area contributed by atoms with Gasteiger partial charge < -0.3 is 15.6 Å². The van der Waals surface area contributed by atoms with Crippen LogP contribution < -0.4 is 11.1 Å². The number of ketones is 1. The zero-order valence-corrected chi connectivity index (χ0v) is 18.1. The SMILES string of the molecule is CC(C)n1cc(C(=O)c2ccnc(NC(=O)Cc3ccc(C#N)cc3)c2)c2cnc(N)nc21. The molecule has 0 unspecified atom stereocenters. The second kappa shape index (κ2) is 8.88. The highest BCUT2D eigenvalue weighted by atomic mass is 16.1. The van der Waals surface area contributed by atoms with E-state index in [1.807, 2.05) is 24.5 Å². The lowest BCUT2D eigenvalue weighted by molar-refractivity contribution is -0.115. The van der Waals surface area contributed by atoms with E-state index in [4.69, 9.17) is 11.0 Å². The molecule has 3 heterocycles. The molecule has 4 aromatic rings. The molecule has 0 bridgehead atoms. The predicted molar refractivity (Wildman–Crippen MR) is 123 cm³/mol. The monoisotopic (exact) mass is 439 g/mol. The van der Waals surface area contributed by atoms with Crippen LogP contribution in [0.2, 0.25) is 0 Å². The Bertz CT molecular complexity index is 1400. The van der Waals surface area contributed by atoms with Gasteiger partial charge in [-0.25, -0.2) is 9.97 Å². The van der Waals surface area contributed by atoms with Crippen molar-refractivity contribution in [2.24, 2.45) is 0 Å². The Morgan fingerprint density at radius 1 is 1.18 bits per heavy atom. The van der Waals surface area contributed by atoms with Crippen LogP contribution in [0.25, 0.3) is 11.0 Å². The number of nitrogen functional groups attached to an aromatic ring is 1.